The molecule has 186 valence electrons. The molecule has 0 saturated heterocycles. The number of carbonyl (C=O) groups excluding carboxylic acids is 1. The van der Waals surface area contributed by atoms with Crippen molar-refractivity contribution in [3.05, 3.63) is 84.9 Å². The predicted molar refractivity (Wildman–Crippen MR) is 143 cm³/mol. The van der Waals surface area contributed by atoms with Crippen molar-refractivity contribution in [3.8, 4) is 22.5 Å². The van der Waals surface area contributed by atoms with Gasteiger partial charge in [0, 0.05) is 43.9 Å². The predicted octanol–water partition coefficient (Wildman–Crippen LogP) is 6.07. The van der Waals surface area contributed by atoms with Crippen LogP contribution in [-0.4, -0.2) is 40.5 Å². The van der Waals surface area contributed by atoms with Gasteiger partial charge >= 0.3 is 6.09 Å². The molecule has 9 heteroatoms. The van der Waals surface area contributed by atoms with Gasteiger partial charge in [-0.05, 0) is 35.4 Å². The minimum absolute atomic E-state index is 0.209. The van der Waals surface area contributed by atoms with Gasteiger partial charge in [-0.3, -0.25) is 14.9 Å². The molecule has 1 N–H and O–H groups in total. The van der Waals surface area contributed by atoms with Crippen molar-refractivity contribution in [2.75, 3.05) is 11.9 Å². The van der Waals surface area contributed by atoms with E-state index in [2.05, 4.69) is 40.1 Å². The van der Waals surface area contributed by atoms with Crippen LogP contribution in [0.1, 0.15) is 5.56 Å². The summed E-state index contributed by atoms with van der Waals surface area (Å²) in [5.41, 5.74) is 4.19. The lowest BCUT2D eigenvalue weighted by Gasteiger charge is -2.15. The Balaban J connectivity index is 1.41. The Labute approximate surface area is 212 Å². The van der Waals surface area contributed by atoms with Crippen LogP contribution in [0.5, 0.6) is 0 Å². The standard InChI is InChI=1S/C27H31N5O3Si/c1-36(2,3)13-12-34-20-32-19-29-31-26(32)24-14-23(16-28-17-24)22-10-7-11-25(15-22)30-27(33)35-18-21-8-5-4-6-9-21/h4-11,14-17,19H,12-13,18,20H2,1-3H3,(H,30,33). The van der Waals surface area contributed by atoms with Crippen LogP contribution in [-0.2, 0) is 22.8 Å². The van der Waals surface area contributed by atoms with E-state index < -0.39 is 14.2 Å². The summed E-state index contributed by atoms with van der Waals surface area (Å²) in [6.07, 6.45) is 4.70. The average Bonchev–Trinajstić information content (AvgIpc) is 3.34. The SMILES string of the molecule is C[Si](C)(C)CCOCn1cnnc1-c1cncc(-c2cccc(NC(=O)OCc3ccccc3)c2)c1. The fourth-order valence-corrected chi connectivity index (χ4v) is 4.24. The molecule has 0 unspecified atom stereocenters. The Hall–Kier alpha value is -3.82. The van der Waals surface area contributed by atoms with Crippen molar-refractivity contribution in [3.63, 3.8) is 0 Å². The molecule has 0 spiro atoms. The highest BCUT2D eigenvalue weighted by Gasteiger charge is 2.14. The molecule has 4 aromatic rings. The number of pyridine rings is 1. The lowest BCUT2D eigenvalue weighted by Crippen LogP contribution is -2.22. The molecule has 2 aromatic carbocycles. The second-order valence-corrected chi connectivity index (χ2v) is 15.3. The molecule has 0 radical (unpaired) electrons. The Morgan fingerprint density at radius 3 is 2.58 bits per heavy atom. The molecular weight excluding hydrogens is 470 g/mol. The van der Waals surface area contributed by atoms with E-state index in [4.69, 9.17) is 9.47 Å². The topological polar surface area (TPSA) is 91.2 Å². The molecule has 8 nitrogen and oxygen atoms in total. The van der Waals surface area contributed by atoms with Gasteiger partial charge in [0.2, 0.25) is 0 Å². The molecule has 0 aliphatic heterocycles. The van der Waals surface area contributed by atoms with Crippen LogP contribution < -0.4 is 5.32 Å². The van der Waals surface area contributed by atoms with Gasteiger partial charge in [0.1, 0.15) is 19.7 Å². The van der Waals surface area contributed by atoms with Gasteiger partial charge in [-0.1, -0.05) is 62.1 Å². The van der Waals surface area contributed by atoms with Gasteiger partial charge in [-0.2, -0.15) is 0 Å². The maximum atomic E-state index is 12.3. The normalized spacial score (nSPS) is 11.3. The number of hydrogen-bond acceptors (Lipinski definition) is 6. The average molecular weight is 502 g/mol. The minimum atomic E-state index is -1.15. The molecule has 4 rings (SSSR count). The zero-order valence-corrected chi connectivity index (χ0v) is 21.8. The number of nitrogens with zero attached hydrogens (tertiary/aromatic N) is 4. The van der Waals surface area contributed by atoms with Crippen molar-refractivity contribution in [1.82, 2.24) is 19.7 Å². The van der Waals surface area contributed by atoms with Gasteiger partial charge < -0.3 is 9.47 Å². The summed E-state index contributed by atoms with van der Waals surface area (Å²) in [5.74, 6) is 0.691. The van der Waals surface area contributed by atoms with Crippen LogP contribution in [0.15, 0.2) is 79.4 Å². The third kappa shape index (κ3) is 7.34. The van der Waals surface area contributed by atoms with Crippen LogP contribution in [0.2, 0.25) is 25.7 Å². The number of anilines is 1. The maximum absolute atomic E-state index is 12.3. The lowest BCUT2D eigenvalue weighted by molar-refractivity contribution is 0.0880. The molecule has 1 amide bonds. The molecule has 0 aliphatic rings. The third-order valence-corrected chi connectivity index (χ3v) is 7.20. The largest absolute Gasteiger partial charge is 0.444 e. The first-order valence-corrected chi connectivity index (χ1v) is 15.6. The number of rotatable bonds is 10. The zero-order valence-electron chi connectivity index (χ0n) is 20.8. The Morgan fingerprint density at radius 2 is 1.78 bits per heavy atom. The van der Waals surface area contributed by atoms with E-state index >= 15 is 0 Å². The van der Waals surface area contributed by atoms with Crippen molar-refractivity contribution < 1.29 is 14.3 Å². The molecule has 0 bridgehead atoms. The van der Waals surface area contributed by atoms with E-state index in [0.29, 0.717) is 18.2 Å². The van der Waals surface area contributed by atoms with E-state index in [1.54, 1.807) is 18.7 Å². The van der Waals surface area contributed by atoms with E-state index in [0.717, 1.165) is 34.9 Å². The number of benzene rings is 2. The van der Waals surface area contributed by atoms with Gasteiger partial charge in [-0.25, -0.2) is 4.79 Å². The number of aromatic nitrogens is 4. The fourth-order valence-electron chi connectivity index (χ4n) is 3.49. The van der Waals surface area contributed by atoms with Gasteiger partial charge in [0.25, 0.3) is 0 Å². The van der Waals surface area contributed by atoms with Gasteiger partial charge in [0.05, 0.1) is 0 Å². The summed E-state index contributed by atoms with van der Waals surface area (Å²) in [5, 5.41) is 11.1. The number of carbonyl (C=O) groups is 1. The van der Waals surface area contributed by atoms with E-state index in [-0.39, 0.29) is 6.61 Å². The van der Waals surface area contributed by atoms with Crippen molar-refractivity contribution >= 4 is 19.9 Å². The molecule has 0 saturated carbocycles. The van der Waals surface area contributed by atoms with Crippen LogP contribution in [0.25, 0.3) is 22.5 Å². The number of nitrogens with one attached hydrogen (secondary N) is 1. The fraction of sp³-hybridized carbons (Fsp3) is 0.259. The molecule has 2 aromatic heterocycles. The summed E-state index contributed by atoms with van der Waals surface area (Å²) in [6.45, 7) is 8.31. The minimum Gasteiger partial charge on any atom is -0.444 e. The van der Waals surface area contributed by atoms with Crippen molar-refractivity contribution in [1.29, 1.82) is 0 Å². The summed E-state index contributed by atoms with van der Waals surface area (Å²) >= 11 is 0. The monoisotopic (exact) mass is 501 g/mol. The van der Waals surface area contributed by atoms with E-state index in [1.165, 1.54) is 0 Å². The first kappa shape index (κ1) is 25.3. The Bertz CT molecular complexity index is 1290. The molecule has 36 heavy (non-hydrogen) atoms. The second-order valence-electron chi connectivity index (χ2n) is 9.70. The summed E-state index contributed by atoms with van der Waals surface area (Å²) in [4.78, 5) is 16.7. The van der Waals surface area contributed by atoms with Crippen molar-refractivity contribution in [2.45, 2.75) is 39.0 Å². The summed E-state index contributed by atoms with van der Waals surface area (Å²) in [7, 11) is -1.15. The van der Waals surface area contributed by atoms with E-state index in [1.807, 2.05) is 65.2 Å². The summed E-state index contributed by atoms with van der Waals surface area (Å²) in [6, 6.07) is 20.2. The van der Waals surface area contributed by atoms with E-state index in [9.17, 15) is 4.79 Å². The molecule has 0 aliphatic carbocycles. The second kappa shape index (κ2) is 11.7. The lowest BCUT2D eigenvalue weighted by atomic mass is 10.1. The molecule has 2 heterocycles. The van der Waals surface area contributed by atoms with Crippen LogP contribution in [0, 0.1) is 0 Å². The smallest absolute Gasteiger partial charge is 0.411 e. The van der Waals surface area contributed by atoms with Crippen LogP contribution >= 0.6 is 0 Å². The molecular formula is C27H31N5O3Si. The maximum Gasteiger partial charge on any atom is 0.411 e. The van der Waals surface area contributed by atoms with Crippen LogP contribution in [0.4, 0.5) is 10.5 Å². The molecule has 0 fully saturated rings. The highest BCUT2D eigenvalue weighted by molar-refractivity contribution is 6.76. The third-order valence-electron chi connectivity index (χ3n) is 5.49. The number of amides is 1. The molecule has 0 atom stereocenters. The highest BCUT2D eigenvalue weighted by atomic mass is 28.3. The Kier molecular flexibility index (Phi) is 8.24. The Morgan fingerprint density at radius 1 is 0.972 bits per heavy atom. The van der Waals surface area contributed by atoms with Crippen molar-refractivity contribution in [2.24, 2.45) is 0 Å². The number of hydrogen-bond donors (Lipinski definition) is 1. The number of ether oxygens (including phenoxy) is 2. The zero-order chi connectivity index (χ0) is 25.4. The quantitative estimate of drug-likeness (QED) is 0.210. The highest BCUT2D eigenvalue weighted by Crippen LogP contribution is 2.26. The first-order valence-electron chi connectivity index (χ1n) is 11.9. The van der Waals surface area contributed by atoms with Gasteiger partial charge in [0.15, 0.2) is 5.82 Å². The van der Waals surface area contributed by atoms with Gasteiger partial charge in [-0.15, -0.1) is 10.2 Å². The first-order chi connectivity index (χ1) is 17.4. The summed E-state index contributed by atoms with van der Waals surface area (Å²) < 4.78 is 13.1. The van der Waals surface area contributed by atoms with Crippen LogP contribution in [0.3, 0.4) is 0 Å².